The van der Waals surface area contributed by atoms with Gasteiger partial charge < -0.3 is 5.32 Å². The number of hydrogen-bond donors (Lipinski definition) is 2. The minimum atomic E-state index is -0.830. The third-order valence-electron chi connectivity index (χ3n) is 3.61. The molecule has 2 heterocycles. The van der Waals surface area contributed by atoms with Gasteiger partial charge in [-0.2, -0.15) is 10.3 Å². The van der Waals surface area contributed by atoms with Gasteiger partial charge >= 0.3 is 0 Å². The van der Waals surface area contributed by atoms with Gasteiger partial charge in [-0.15, -0.1) is 5.10 Å². The van der Waals surface area contributed by atoms with E-state index in [1.807, 2.05) is 0 Å². The van der Waals surface area contributed by atoms with E-state index in [0.29, 0.717) is 17.0 Å². The summed E-state index contributed by atoms with van der Waals surface area (Å²) in [4.78, 5) is 8.12. The Labute approximate surface area is 117 Å². The van der Waals surface area contributed by atoms with Crippen molar-refractivity contribution in [1.82, 2.24) is 25.4 Å². The highest BCUT2D eigenvalue weighted by molar-refractivity contribution is 5.81. The van der Waals surface area contributed by atoms with Crippen molar-refractivity contribution in [2.75, 3.05) is 5.32 Å². The van der Waals surface area contributed by atoms with Crippen LogP contribution < -0.4 is 5.32 Å². The standard InChI is InChI=1S/C13H10F2N6/c14-8-2-1-6(3-9(8)15)7-4-10(7)18-12-11-13(17-5-16-12)20-21-19-11/h1-3,5,7,10H,4H2,(H2,16,17,18,19,20,21)/t7-,10+/m0/s1. The molecule has 1 aliphatic carbocycles. The Bertz CT molecular complexity index is 817. The third-order valence-corrected chi connectivity index (χ3v) is 3.61. The van der Waals surface area contributed by atoms with Crippen LogP contribution in [-0.2, 0) is 0 Å². The fourth-order valence-corrected chi connectivity index (χ4v) is 2.42. The molecule has 4 rings (SSSR count). The van der Waals surface area contributed by atoms with Crippen LogP contribution in [0.25, 0.3) is 11.2 Å². The van der Waals surface area contributed by atoms with Gasteiger partial charge in [-0.1, -0.05) is 6.07 Å². The second-order valence-electron chi connectivity index (χ2n) is 4.98. The smallest absolute Gasteiger partial charge is 0.206 e. The second kappa shape index (κ2) is 4.44. The van der Waals surface area contributed by atoms with Crippen LogP contribution in [-0.4, -0.2) is 31.4 Å². The fraction of sp³-hybridized carbons (Fsp3) is 0.231. The quantitative estimate of drug-likeness (QED) is 0.770. The number of aromatic nitrogens is 5. The first-order valence-corrected chi connectivity index (χ1v) is 6.45. The van der Waals surface area contributed by atoms with E-state index < -0.39 is 11.6 Å². The highest BCUT2D eigenvalue weighted by atomic mass is 19.2. The van der Waals surface area contributed by atoms with Gasteiger partial charge in [0, 0.05) is 12.0 Å². The topological polar surface area (TPSA) is 79.4 Å². The molecular weight excluding hydrogens is 278 g/mol. The van der Waals surface area contributed by atoms with Crippen molar-refractivity contribution in [3.8, 4) is 0 Å². The summed E-state index contributed by atoms with van der Waals surface area (Å²) in [6.45, 7) is 0. The number of anilines is 1. The van der Waals surface area contributed by atoms with Crippen LogP contribution >= 0.6 is 0 Å². The number of rotatable bonds is 3. The maximum absolute atomic E-state index is 13.2. The molecule has 0 bridgehead atoms. The number of halogens is 2. The molecule has 1 aromatic carbocycles. The lowest BCUT2D eigenvalue weighted by atomic mass is 10.1. The van der Waals surface area contributed by atoms with Crippen molar-refractivity contribution < 1.29 is 8.78 Å². The second-order valence-corrected chi connectivity index (χ2v) is 4.98. The van der Waals surface area contributed by atoms with E-state index in [9.17, 15) is 8.78 Å². The summed E-state index contributed by atoms with van der Waals surface area (Å²) in [5, 5.41) is 13.6. The molecule has 0 aliphatic heterocycles. The highest BCUT2D eigenvalue weighted by Gasteiger charge is 2.39. The van der Waals surface area contributed by atoms with Crippen LogP contribution in [0.2, 0.25) is 0 Å². The van der Waals surface area contributed by atoms with Gasteiger partial charge in [-0.3, -0.25) is 0 Å². The molecule has 6 nitrogen and oxygen atoms in total. The van der Waals surface area contributed by atoms with Crippen LogP contribution in [0.5, 0.6) is 0 Å². The van der Waals surface area contributed by atoms with Gasteiger partial charge in [0.1, 0.15) is 6.33 Å². The Morgan fingerprint density at radius 1 is 1.14 bits per heavy atom. The Hall–Kier alpha value is -2.64. The Balaban J connectivity index is 1.55. The first kappa shape index (κ1) is 12.1. The Morgan fingerprint density at radius 3 is 2.90 bits per heavy atom. The molecular formula is C13H10F2N6. The van der Waals surface area contributed by atoms with E-state index >= 15 is 0 Å². The Kier molecular flexibility index (Phi) is 2.56. The largest absolute Gasteiger partial charge is 0.365 e. The summed E-state index contributed by atoms with van der Waals surface area (Å²) in [7, 11) is 0. The predicted molar refractivity (Wildman–Crippen MR) is 70.6 cm³/mol. The van der Waals surface area contributed by atoms with Gasteiger partial charge in [-0.25, -0.2) is 18.7 Å². The summed E-state index contributed by atoms with van der Waals surface area (Å²) < 4.78 is 26.2. The van der Waals surface area contributed by atoms with Gasteiger partial charge in [0.25, 0.3) is 0 Å². The highest BCUT2D eigenvalue weighted by Crippen LogP contribution is 2.43. The summed E-state index contributed by atoms with van der Waals surface area (Å²) in [5.74, 6) is -0.927. The van der Waals surface area contributed by atoms with E-state index in [0.717, 1.165) is 18.1 Å². The molecule has 1 fully saturated rings. The zero-order valence-corrected chi connectivity index (χ0v) is 10.7. The molecule has 2 atom stereocenters. The number of nitrogens with one attached hydrogen (secondary N) is 2. The number of H-pyrrole nitrogens is 1. The summed E-state index contributed by atoms with van der Waals surface area (Å²) in [6, 6.07) is 4.12. The average molecular weight is 288 g/mol. The molecule has 0 amide bonds. The van der Waals surface area contributed by atoms with Crippen LogP contribution in [0, 0.1) is 11.6 Å². The molecule has 2 aromatic heterocycles. The zero-order chi connectivity index (χ0) is 14.4. The van der Waals surface area contributed by atoms with E-state index in [1.165, 1.54) is 12.4 Å². The van der Waals surface area contributed by atoms with Gasteiger partial charge in [0.05, 0.1) is 0 Å². The third kappa shape index (κ3) is 2.08. The van der Waals surface area contributed by atoms with Crippen molar-refractivity contribution in [3.05, 3.63) is 41.7 Å². The zero-order valence-electron chi connectivity index (χ0n) is 10.7. The van der Waals surface area contributed by atoms with E-state index in [4.69, 9.17) is 0 Å². The summed E-state index contributed by atoms with van der Waals surface area (Å²) in [5.41, 5.74) is 1.82. The van der Waals surface area contributed by atoms with Gasteiger partial charge in [0.2, 0.25) is 5.65 Å². The molecule has 0 radical (unpaired) electrons. The van der Waals surface area contributed by atoms with Crippen molar-refractivity contribution in [2.24, 2.45) is 0 Å². The van der Waals surface area contributed by atoms with E-state index in [1.54, 1.807) is 6.07 Å². The normalized spacial score (nSPS) is 20.7. The van der Waals surface area contributed by atoms with Crippen molar-refractivity contribution in [1.29, 1.82) is 0 Å². The minimum Gasteiger partial charge on any atom is -0.365 e. The number of aromatic amines is 1. The van der Waals surface area contributed by atoms with Crippen molar-refractivity contribution in [2.45, 2.75) is 18.4 Å². The lowest BCUT2D eigenvalue weighted by Gasteiger charge is -2.05. The molecule has 8 heteroatoms. The maximum Gasteiger partial charge on any atom is 0.206 e. The number of nitrogens with zero attached hydrogens (tertiary/aromatic N) is 4. The first-order valence-electron chi connectivity index (χ1n) is 6.45. The number of hydrogen-bond acceptors (Lipinski definition) is 5. The maximum atomic E-state index is 13.2. The van der Waals surface area contributed by atoms with Gasteiger partial charge in [0.15, 0.2) is 23.0 Å². The molecule has 0 unspecified atom stereocenters. The Morgan fingerprint density at radius 2 is 2.05 bits per heavy atom. The minimum absolute atomic E-state index is 0.115. The molecule has 2 N–H and O–H groups in total. The number of benzene rings is 1. The number of fused-ring (bicyclic) bond motifs is 1. The van der Waals surface area contributed by atoms with E-state index in [-0.39, 0.29) is 12.0 Å². The van der Waals surface area contributed by atoms with Crippen LogP contribution in [0.3, 0.4) is 0 Å². The summed E-state index contributed by atoms with van der Waals surface area (Å²) in [6.07, 6.45) is 2.23. The summed E-state index contributed by atoms with van der Waals surface area (Å²) >= 11 is 0. The molecule has 0 saturated heterocycles. The first-order chi connectivity index (χ1) is 10.2. The predicted octanol–water partition coefficient (Wildman–Crippen LogP) is 1.99. The van der Waals surface area contributed by atoms with Crippen molar-refractivity contribution in [3.63, 3.8) is 0 Å². The average Bonchev–Trinajstić information content (AvgIpc) is 3.06. The fourth-order valence-electron chi connectivity index (χ4n) is 2.42. The molecule has 0 spiro atoms. The van der Waals surface area contributed by atoms with E-state index in [2.05, 4.69) is 30.7 Å². The molecule has 21 heavy (non-hydrogen) atoms. The molecule has 3 aromatic rings. The molecule has 1 aliphatic rings. The molecule has 1 saturated carbocycles. The molecule has 106 valence electrons. The lowest BCUT2D eigenvalue weighted by Crippen LogP contribution is -2.07. The van der Waals surface area contributed by atoms with Gasteiger partial charge in [-0.05, 0) is 24.1 Å². The monoisotopic (exact) mass is 288 g/mol. The SMILES string of the molecule is Fc1ccc([C@@H]2C[C@H]2Nc2ncnc3n[nH]nc23)cc1F. The van der Waals surface area contributed by atoms with Crippen LogP contribution in [0.15, 0.2) is 24.5 Å². The van der Waals surface area contributed by atoms with Crippen LogP contribution in [0.1, 0.15) is 17.9 Å². The van der Waals surface area contributed by atoms with Crippen molar-refractivity contribution >= 4 is 17.0 Å². The van der Waals surface area contributed by atoms with Crippen LogP contribution in [0.4, 0.5) is 14.6 Å². The lowest BCUT2D eigenvalue weighted by molar-refractivity contribution is 0.507.